The summed E-state index contributed by atoms with van der Waals surface area (Å²) in [6.45, 7) is 8.24. The van der Waals surface area contributed by atoms with Crippen LogP contribution in [0.25, 0.3) is 71.2 Å². The van der Waals surface area contributed by atoms with Gasteiger partial charge >= 0.3 is 0 Å². The van der Waals surface area contributed by atoms with E-state index < -0.39 is 0 Å². The summed E-state index contributed by atoms with van der Waals surface area (Å²) in [6.07, 6.45) is 14.4. The smallest absolute Gasteiger partial charge is 0.201 e. The molecule has 1 aliphatic heterocycles. The predicted octanol–water partition coefficient (Wildman–Crippen LogP) is 12.6. The number of para-hydroxylation sites is 3. The second kappa shape index (κ2) is 12.0. The van der Waals surface area contributed by atoms with Gasteiger partial charge in [-0.3, -0.25) is 0 Å². The third-order valence-electron chi connectivity index (χ3n) is 10.6. The van der Waals surface area contributed by atoms with E-state index in [9.17, 15) is 0 Å². The van der Waals surface area contributed by atoms with Crippen LogP contribution in [0.1, 0.15) is 24.7 Å². The highest BCUT2D eigenvalue weighted by Gasteiger charge is 2.26. The number of anilines is 1. The molecule has 1 N–H and O–H groups in total. The molecule has 2 aromatic heterocycles. The van der Waals surface area contributed by atoms with Crippen molar-refractivity contribution in [2.45, 2.75) is 19.1 Å². The Kier molecular flexibility index (Phi) is 6.97. The molecule has 6 aromatic carbocycles. The standard InChI is InChI=1S/C48H36N4/c1-3-4-16-31(2)47-37-22-10-13-24-41(37)49-48(50-47)52-42-25-14-11-20-35(42)40-29-32(27-28-44(40)52)39-30-45-46(36-21-9-8-19-34(36)39)38-23-12-15-26-43(38)51(45)33-17-6-5-7-18-33/h3-4,6,8-30,48-49H,1-2,5,7H2/b16-4-. The molecule has 4 nitrogen and oxygen atoms in total. The third kappa shape index (κ3) is 4.58. The number of aromatic nitrogens is 2. The van der Waals surface area contributed by atoms with Crippen LogP contribution in [0.5, 0.6) is 0 Å². The molecule has 10 rings (SSSR count). The lowest BCUT2D eigenvalue weighted by Gasteiger charge is -2.28. The zero-order valence-corrected chi connectivity index (χ0v) is 28.8. The second-order valence-electron chi connectivity index (χ2n) is 13.6. The van der Waals surface area contributed by atoms with Gasteiger partial charge in [0.05, 0.1) is 27.8 Å². The number of rotatable bonds is 6. The topological polar surface area (TPSA) is 34.2 Å². The van der Waals surface area contributed by atoms with Crippen LogP contribution in [0.2, 0.25) is 0 Å². The van der Waals surface area contributed by atoms with Crippen molar-refractivity contribution < 1.29 is 0 Å². The molecule has 3 heterocycles. The monoisotopic (exact) mass is 668 g/mol. The van der Waals surface area contributed by atoms with Crippen LogP contribution in [-0.2, 0) is 0 Å². The van der Waals surface area contributed by atoms with Crippen LogP contribution in [0.4, 0.5) is 5.69 Å². The van der Waals surface area contributed by atoms with Crippen molar-refractivity contribution in [1.29, 1.82) is 0 Å². The Morgan fingerprint density at radius 1 is 0.692 bits per heavy atom. The molecule has 0 saturated carbocycles. The Balaban J connectivity index is 1.21. The van der Waals surface area contributed by atoms with E-state index in [0.717, 1.165) is 46.4 Å². The number of allylic oxidation sites excluding steroid dienone is 8. The molecule has 1 unspecified atom stereocenters. The molecule has 0 saturated heterocycles. The Bertz CT molecular complexity index is 2920. The molecule has 8 aromatic rings. The fraction of sp³-hybridized carbons (Fsp3) is 0.0625. The summed E-state index contributed by atoms with van der Waals surface area (Å²) < 4.78 is 4.79. The Hall–Kier alpha value is -6.65. The highest BCUT2D eigenvalue weighted by atomic mass is 15.3. The highest BCUT2D eigenvalue weighted by Crippen LogP contribution is 2.44. The summed E-state index contributed by atoms with van der Waals surface area (Å²) >= 11 is 0. The SMILES string of the molecule is C=C/C=C\C(=C)C1=NC(n2c3ccccc3c3cc(-c4cc5c(c6ccccc46)c4ccccc4n5C4=CCCC=C4)ccc32)Nc2ccccc21. The molecule has 0 radical (unpaired) electrons. The number of nitrogens with zero attached hydrogens (tertiary/aromatic N) is 3. The van der Waals surface area contributed by atoms with Crippen LogP contribution in [0.15, 0.2) is 182 Å². The van der Waals surface area contributed by atoms with Crippen molar-refractivity contribution in [2.24, 2.45) is 4.99 Å². The summed E-state index contributed by atoms with van der Waals surface area (Å²) in [6, 6.07) is 44.1. The summed E-state index contributed by atoms with van der Waals surface area (Å²) in [5, 5.41) is 11.2. The summed E-state index contributed by atoms with van der Waals surface area (Å²) in [5.41, 5.74) is 12.2. The van der Waals surface area contributed by atoms with Crippen LogP contribution in [-0.4, -0.2) is 14.8 Å². The molecular formula is C48H36N4. The number of hydrogen-bond donors (Lipinski definition) is 1. The van der Waals surface area contributed by atoms with Gasteiger partial charge < -0.3 is 14.5 Å². The zero-order valence-electron chi connectivity index (χ0n) is 28.8. The van der Waals surface area contributed by atoms with Gasteiger partial charge in [0.25, 0.3) is 0 Å². The number of fused-ring (bicyclic) bond motifs is 9. The van der Waals surface area contributed by atoms with Crippen molar-refractivity contribution >= 4 is 71.5 Å². The van der Waals surface area contributed by atoms with E-state index >= 15 is 0 Å². The maximum Gasteiger partial charge on any atom is 0.201 e. The molecule has 2 aliphatic rings. The molecule has 4 heteroatoms. The first-order valence-corrected chi connectivity index (χ1v) is 18.0. The van der Waals surface area contributed by atoms with Gasteiger partial charge in [-0.1, -0.05) is 128 Å². The normalized spacial score (nSPS) is 15.7. The molecular weight excluding hydrogens is 633 g/mol. The third-order valence-corrected chi connectivity index (χ3v) is 10.6. The van der Waals surface area contributed by atoms with Crippen molar-refractivity contribution in [3.63, 3.8) is 0 Å². The Morgan fingerprint density at radius 2 is 1.42 bits per heavy atom. The first-order valence-electron chi connectivity index (χ1n) is 18.0. The highest BCUT2D eigenvalue weighted by molar-refractivity contribution is 6.25. The van der Waals surface area contributed by atoms with Crippen LogP contribution in [0.3, 0.4) is 0 Å². The van der Waals surface area contributed by atoms with Crippen molar-refractivity contribution in [1.82, 2.24) is 9.13 Å². The Labute approximate surface area is 302 Å². The van der Waals surface area contributed by atoms with Crippen molar-refractivity contribution in [3.05, 3.63) is 182 Å². The van der Waals surface area contributed by atoms with Gasteiger partial charge in [0, 0.05) is 38.5 Å². The number of hydrogen-bond acceptors (Lipinski definition) is 2. The predicted molar refractivity (Wildman–Crippen MR) is 222 cm³/mol. The lowest BCUT2D eigenvalue weighted by atomic mass is 9.94. The van der Waals surface area contributed by atoms with Gasteiger partial charge in [-0.15, -0.1) is 0 Å². The molecule has 0 amide bonds. The Morgan fingerprint density at radius 3 is 2.25 bits per heavy atom. The van der Waals surface area contributed by atoms with Gasteiger partial charge in [0.15, 0.2) is 0 Å². The van der Waals surface area contributed by atoms with E-state index in [1.807, 2.05) is 18.2 Å². The maximum atomic E-state index is 5.32. The molecule has 1 atom stereocenters. The molecule has 52 heavy (non-hydrogen) atoms. The quantitative estimate of drug-likeness (QED) is 0.176. The number of aliphatic imine (C=N–C) groups is 1. The van der Waals surface area contributed by atoms with Crippen molar-refractivity contribution in [2.75, 3.05) is 5.32 Å². The minimum atomic E-state index is -0.364. The molecule has 1 aliphatic carbocycles. The van der Waals surface area contributed by atoms with Gasteiger partial charge in [0.2, 0.25) is 6.29 Å². The average molecular weight is 669 g/mol. The molecule has 0 bridgehead atoms. The minimum absolute atomic E-state index is 0.364. The van der Waals surface area contributed by atoms with E-state index in [1.54, 1.807) is 6.08 Å². The molecule has 248 valence electrons. The number of benzene rings is 6. The van der Waals surface area contributed by atoms with Gasteiger partial charge in [0.1, 0.15) is 0 Å². The van der Waals surface area contributed by atoms with Crippen LogP contribution < -0.4 is 5.32 Å². The van der Waals surface area contributed by atoms with Crippen LogP contribution in [0, 0.1) is 0 Å². The summed E-state index contributed by atoms with van der Waals surface area (Å²) in [7, 11) is 0. The van der Waals surface area contributed by atoms with Crippen molar-refractivity contribution in [3.8, 4) is 11.1 Å². The first kappa shape index (κ1) is 30.2. The zero-order chi connectivity index (χ0) is 34.8. The lowest BCUT2D eigenvalue weighted by Crippen LogP contribution is -2.24. The first-order chi connectivity index (χ1) is 25.7. The lowest BCUT2D eigenvalue weighted by molar-refractivity contribution is 0.624. The average Bonchev–Trinajstić information content (AvgIpc) is 3.72. The second-order valence-corrected chi connectivity index (χ2v) is 13.6. The fourth-order valence-electron chi connectivity index (χ4n) is 8.37. The number of nitrogens with one attached hydrogen (secondary N) is 1. The summed E-state index contributed by atoms with van der Waals surface area (Å²) in [4.78, 5) is 5.32. The molecule has 0 fully saturated rings. The minimum Gasteiger partial charge on any atom is -0.346 e. The molecule has 0 spiro atoms. The van der Waals surface area contributed by atoms with Crippen LogP contribution >= 0.6 is 0 Å². The van der Waals surface area contributed by atoms with Gasteiger partial charge in [-0.05, 0) is 82.8 Å². The summed E-state index contributed by atoms with van der Waals surface area (Å²) in [5.74, 6) is 0. The van der Waals surface area contributed by atoms with E-state index in [1.165, 1.54) is 60.2 Å². The van der Waals surface area contributed by atoms with Gasteiger partial charge in [-0.25, -0.2) is 4.99 Å². The van der Waals surface area contributed by atoms with Gasteiger partial charge in [-0.2, -0.15) is 0 Å². The van der Waals surface area contributed by atoms with E-state index in [0.29, 0.717) is 0 Å². The van der Waals surface area contributed by atoms with E-state index in [-0.39, 0.29) is 6.29 Å². The van der Waals surface area contributed by atoms with E-state index in [4.69, 9.17) is 4.99 Å². The maximum absolute atomic E-state index is 5.32. The fourth-order valence-corrected chi connectivity index (χ4v) is 8.37. The van der Waals surface area contributed by atoms with E-state index in [2.05, 4.69) is 161 Å². The largest absolute Gasteiger partial charge is 0.346 e.